The fraction of sp³-hybridized carbons (Fsp3) is 0.600. The van der Waals surface area contributed by atoms with E-state index in [2.05, 4.69) is 10.0 Å². The van der Waals surface area contributed by atoms with Crippen LogP contribution in [0, 0.1) is 11.7 Å². The molecule has 3 N–H and O–H groups in total. The number of ether oxygens (including phenoxy) is 2. The average molecular weight is 691 g/mol. The molecule has 0 radical (unpaired) electrons. The van der Waals surface area contributed by atoms with Crippen molar-refractivity contribution >= 4 is 27.6 Å². The minimum atomic E-state index is -4.09. The van der Waals surface area contributed by atoms with Crippen LogP contribution in [0.25, 0.3) is 0 Å². The van der Waals surface area contributed by atoms with Gasteiger partial charge in [0.15, 0.2) is 0 Å². The van der Waals surface area contributed by atoms with Gasteiger partial charge in [-0.1, -0.05) is 26.2 Å². The summed E-state index contributed by atoms with van der Waals surface area (Å²) in [4.78, 5) is 30.5. The molecule has 48 heavy (non-hydrogen) atoms. The highest BCUT2D eigenvalue weighted by Crippen LogP contribution is 2.30. The van der Waals surface area contributed by atoms with Gasteiger partial charge in [-0.2, -0.15) is 0 Å². The van der Waals surface area contributed by atoms with Crippen LogP contribution in [0.3, 0.4) is 0 Å². The Bertz CT molecular complexity index is 1470. The summed E-state index contributed by atoms with van der Waals surface area (Å²) in [6.07, 6.45) is 7.00. The fourth-order valence-corrected chi connectivity index (χ4v) is 7.21. The molecule has 2 aromatic rings. The third-order valence-corrected chi connectivity index (χ3v) is 10.6. The van der Waals surface area contributed by atoms with Gasteiger partial charge in [0.05, 0.1) is 35.3 Å². The number of likely N-dealkylation sites (N-methyl/N-ethyl adjacent to an activating group) is 1. The average Bonchev–Trinajstić information content (AvgIpc) is 3.06. The first-order valence-electron chi connectivity index (χ1n) is 17.0. The van der Waals surface area contributed by atoms with Crippen LogP contribution in [0.2, 0.25) is 0 Å². The number of benzene rings is 2. The molecule has 4 rings (SSSR count). The number of carbonyl (C=O) groups is 2. The molecular formula is C35H51FN4O7S. The molecule has 13 heteroatoms. The lowest BCUT2D eigenvalue weighted by atomic mass is 9.96. The molecule has 2 aromatic carbocycles. The summed E-state index contributed by atoms with van der Waals surface area (Å²) in [5.74, 6) is -0.956. The predicted molar refractivity (Wildman–Crippen MR) is 182 cm³/mol. The van der Waals surface area contributed by atoms with Gasteiger partial charge in [0.1, 0.15) is 11.6 Å². The summed E-state index contributed by atoms with van der Waals surface area (Å²) in [6, 6.07) is 8.38. The van der Waals surface area contributed by atoms with Crippen molar-refractivity contribution in [1.82, 2.24) is 15.1 Å². The first kappa shape index (κ1) is 37.4. The van der Waals surface area contributed by atoms with Crippen molar-refractivity contribution in [2.45, 2.75) is 101 Å². The number of nitrogens with one attached hydrogen (secondary N) is 2. The highest BCUT2D eigenvalue weighted by Gasteiger charge is 2.31. The van der Waals surface area contributed by atoms with Gasteiger partial charge in [-0.15, -0.1) is 0 Å². The number of amides is 3. The third-order valence-electron chi connectivity index (χ3n) is 9.16. The normalized spacial score (nSPS) is 22.5. The van der Waals surface area contributed by atoms with E-state index in [1.165, 1.54) is 18.6 Å². The van der Waals surface area contributed by atoms with E-state index in [4.69, 9.17) is 9.47 Å². The Labute approximate surface area is 284 Å². The monoisotopic (exact) mass is 690 g/mol. The number of aliphatic hydroxyl groups is 1. The molecule has 1 heterocycles. The van der Waals surface area contributed by atoms with Crippen molar-refractivity contribution in [1.29, 1.82) is 0 Å². The number of hydrogen-bond donors (Lipinski definition) is 3. The summed E-state index contributed by atoms with van der Waals surface area (Å²) < 4.78 is 54.7. The lowest BCUT2D eigenvalue weighted by Crippen LogP contribution is -2.50. The molecule has 0 spiro atoms. The second-order valence-corrected chi connectivity index (χ2v) is 14.9. The van der Waals surface area contributed by atoms with E-state index in [0.717, 1.165) is 62.8 Å². The van der Waals surface area contributed by atoms with Gasteiger partial charge in [-0.25, -0.2) is 17.6 Å². The summed E-state index contributed by atoms with van der Waals surface area (Å²) in [5, 5.41) is 13.4. The van der Waals surface area contributed by atoms with Crippen molar-refractivity contribution in [2.24, 2.45) is 5.92 Å². The molecule has 1 fully saturated rings. The van der Waals surface area contributed by atoms with E-state index in [0.29, 0.717) is 25.3 Å². The topological polar surface area (TPSA) is 138 Å². The number of urea groups is 1. The number of aliphatic hydroxyl groups excluding tert-OH is 1. The maximum absolute atomic E-state index is 14.3. The number of halogens is 1. The molecule has 0 bridgehead atoms. The van der Waals surface area contributed by atoms with Crippen LogP contribution >= 0.6 is 0 Å². The molecule has 11 nitrogen and oxygen atoms in total. The lowest BCUT2D eigenvalue weighted by Gasteiger charge is -2.36. The molecule has 266 valence electrons. The lowest BCUT2D eigenvalue weighted by molar-refractivity contribution is -0.0123. The standard InChI is InChI=1S/C35H51FN4O7S/c1-24-21-40(25(2)23-41)34(42)31-20-29(38-48(44,45)30-16-13-27(36)14-17-30)15-18-32(31)47-26(3)10-8-9-19-46-33(24)22-39(4)35(43)37-28-11-6-5-7-12-28/h13-18,20,24-26,28,33,38,41H,5-12,19,21-23H2,1-4H3,(H,37,43)/t24-,25+,26+,33-/m0/s1. The minimum Gasteiger partial charge on any atom is -0.490 e. The van der Waals surface area contributed by atoms with Crippen LogP contribution in [-0.2, 0) is 14.8 Å². The van der Waals surface area contributed by atoms with E-state index < -0.39 is 33.9 Å². The van der Waals surface area contributed by atoms with E-state index in [9.17, 15) is 27.5 Å². The number of sulfonamides is 1. The van der Waals surface area contributed by atoms with Crippen LogP contribution in [0.4, 0.5) is 14.9 Å². The Kier molecular flexibility index (Phi) is 13.5. The van der Waals surface area contributed by atoms with Crippen molar-refractivity contribution < 1.29 is 37.0 Å². The molecule has 1 aliphatic carbocycles. The Morgan fingerprint density at radius 2 is 1.75 bits per heavy atom. The molecule has 0 aromatic heterocycles. The number of hydrogen-bond acceptors (Lipinski definition) is 7. The molecule has 1 aliphatic heterocycles. The van der Waals surface area contributed by atoms with E-state index in [1.54, 1.807) is 29.8 Å². The highest BCUT2D eigenvalue weighted by atomic mass is 32.2. The van der Waals surface area contributed by atoms with Crippen LogP contribution in [0.15, 0.2) is 47.4 Å². The zero-order valence-corrected chi connectivity index (χ0v) is 29.3. The molecule has 0 unspecified atom stereocenters. The molecule has 0 saturated heterocycles. The second kappa shape index (κ2) is 17.3. The number of anilines is 1. The van der Waals surface area contributed by atoms with Gasteiger partial charge in [0.2, 0.25) is 0 Å². The van der Waals surface area contributed by atoms with Crippen molar-refractivity contribution in [3.8, 4) is 5.75 Å². The van der Waals surface area contributed by atoms with Crippen LogP contribution in [0.5, 0.6) is 5.75 Å². The van der Waals surface area contributed by atoms with Crippen molar-refractivity contribution in [3.63, 3.8) is 0 Å². The van der Waals surface area contributed by atoms with Crippen LogP contribution < -0.4 is 14.8 Å². The molecule has 2 aliphatic rings. The summed E-state index contributed by atoms with van der Waals surface area (Å²) in [7, 11) is -2.34. The first-order valence-corrected chi connectivity index (χ1v) is 18.5. The van der Waals surface area contributed by atoms with Crippen molar-refractivity contribution in [3.05, 3.63) is 53.8 Å². The van der Waals surface area contributed by atoms with E-state index in [-0.39, 0.29) is 53.4 Å². The molecular weight excluding hydrogens is 639 g/mol. The summed E-state index contributed by atoms with van der Waals surface area (Å²) in [6.45, 7) is 6.29. The van der Waals surface area contributed by atoms with E-state index in [1.807, 2.05) is 13.8 Å². The number of fused-ring (bicyclic) bond motifs is 1. The third kappa shape index (κ3) is 10.3. The SMILES string of the molecule is C[C@@H]1CCCCO[C@@H](CN(C)C(=O)NC2CCCCC2)[C@@H](C)CN([C@H](C)CO)C(=O)c2cc(NS(=O)(=O)c3ccc(F)cc3)ccc2O1. The smallest absolute Gasteiger partial charge is 0.317 e. The fourth-order valence-electron chi connectivity index (χ4n) is 6.16. The largest absolute Gasteiger partial charge is 0.490 e. The molecule has 1 saturated carbocycles. The predicted octanol–water partition coefficient (Wildman–Crippen LogP) is 5.40. The van der Waals surface area contributed by atoms with Crippen LogP contribution in [0.1, 0.15) is 82.5 Å². The maximum atomic E-state index is 14.3. The van der Waals surface area contributed by atoms with Gasteiger partial charge < -0.3 is 29.7 Å². The Morgan fingerprint density at radius 3 is 2.44 bits per heavy atom. The van der Waals surface area contributed by atoms with Gasteiger partial charge >= 0.3 is 6.03 Å². The summed E-state index contributed by atoms with van der Waals surface area (Å²) in [5.41, 5.74) is 0.257. The zero-order valence-electron chi connectivity index (χ0n) is 28.5. The quantitative estimate of drug-likeness (QED) is 0.338. The molecule has 4 atom stereocenters. The van der Waals surface area contributed by atoms with Gasteiger partial charge in [-0.3, -0.25) is 9.52 Å². The Hall–Kier alpha value is -3.42. The van der Waals surface area contributed by atoms with Gasteiger partial charge in [-0.05, 0) is 88.4 Å². The maximum Gasteiger partial charge on any atom is 0.317 e. The summed E-state index contributed by atoms with van der Waals surface area (Å²) >= 11 is 0. The van der Waals surface area contributed by atoms with Gasteiger partial charge in [0, 0.05) is 44.4 Å². The number of rotatable bonds is 8. The zero-order chi connectivity index (χ0) is 34.8. The Balaban J connectivity index is 1.61. The Morgan fingerprint density at radius 1 is 1.06 bits per heavy atom. The first-order chi connectivity index (χ1) is 22.9. The van der Waals surface area contributed by atoms with Crippen molar-refractivity contribution in [2.75, 3.05) is 38.1 Å². The molecule has 3 amide bonds. The minimum absolute atomic E-state index is 0.125. The van der Waals surface area contributed by atoms with E-state index >= 15 is 0 Å². The second-order valence-electron chi connectivity index (χ2n) is 13.2. The number of carbonyl (C=O) groups excluding carboxylic acids is 2. The highest BCUT2D eigenvalue weighted by molar-refractivity contribution is 7.92. The van der Waals surface area contributed by atoms with Crippen LogP contribution in [-0.4, -0.2) is 92.9 Å². The van der Waals surface area contributed by atoms with Gasteiger partial charge in [0.25, 0.3) is 15.9 Å². The number of nitrogens with zero attached hydrogens (tertiary/aromatic N) is 2.